The largest absolute Gasteiger partial charge is 0.354 e. The molecule has 0 unspecified atom stereocenters. The number of carbonyl (C=O) groups excluding carboxylic acids is 1. The van der Waals surface area contributed by atoms with Gasteiger partial charge in [0.15, 0.2) is 0 Å². The van der Waals surface area contributed by atoms with Crippen LogP contribution in [0.25, 0.3) is 0 Å². The summed E-state index contributed by atoms with van der Waals surface area (Å²) < 4.78 is 0. The smallest absolute Gasteiger partial charge is 0.234 e. The Labute approximate surface area is 115 Å². The van der Waals surface area contributed by atoms with Gasteiger partial charge in [-0.25, -0.2) is 0 Å². The number of nitrogens with zero attached hydrogens (tertiary/aromatic N) is 2. The van der Waals surface area contributed by atoms with Gasteiger partial charge in [0.05, 0.1) is 19.0 Å². The van der Waals surface area contributed by atoms with Crippen molar-refractivity contribution in [2.75, 3.05) is 13.1 Å². The molecule has 0 saturated heterocycles. The molecule has 102 valence electrons. The summed E-state index contributed by atoms with van der Waals surface area (Å²) >= 11 is 0. The molecule has 0 aliphatic heterocycles. The first kappa shape index (κ1) is 15.2. The Morgan fingerprint density at radius 1 is 1.37 bits per heavy atom. The second kappa shape index (κ2) is 8.28. The van der Waals surface area contributed by atoms with E-state index in [4.69, 9.17) is 5.26 Å². The molecule has 0 aromatic heterocycles. The molecule has 4 heteroatoms. The van der Waals surface area contributed by atoms with Gasteiger partial charge in [0.2, 0.25) is 5.91 Å². The monoisotopic (exact) mass is 259 g/mol. The molecule has 1 amide bonds. The lowest BCUT2D eigenvalue weighted by atomic mass is 10.2. The van der Waals surface area contributed by atoms with E-state index in [1.165, 1.54) is 5.56 Å². The van der Waals surface area contributed by atoms with E-state index in [1.54, 1.807) is 0 Å². The summed E-state index contributed by atoms with van der Waals surface area (Å²) in [7, 11) is 0. The Hall–Kier alpha value is -1.86. The van der Waals surface area contributed by atoms with Gasteiger partial charge in [-0.15, -0.1) is 0 Å². The van der Waals surface area contributed by atoms with E-state index >= 15 is 0 Å². The summed E-state index contributed by atoms with van der Waals surface area (Å²) in [4.78, 5) is 13.9. The topological polar surface area (TPSA) is 56.1 Å². The number of hydrogen-bond acceptors (Lipinski definition) is 3. The molecule has 1 rings (SSSR count). The Kier molecular flexibility index (Phi) is 6.62. The third-order valence-corrected chi connectivity index (χ3v) is 2.86. The Balaban J connectivity index is 2.49. The molecule has 1 N–H and O–H groups in total. The molecule has 1 aromatic rings. The van der Waals surface area contributed by atoms with Gasteiger partial charge >= 0.3 is 0 Å². The molecule has 0 aliphatic carbocycles. The average molecular weight is 259 g/mol. The van der Waals surface area contributed by atoms with Gasteiger partial charge < -0.3 is 5.32 Å². The molecular formula is C15H21N3O. The van der Waals surface area contributed by atoms with Crippen molar-refractivity contribution in [1.29, 1.82) is 5.26 Å². The molecule has 0 saturated carbocycles. The number of nitrogens with one attached hydrogen (secondary N) is 1. The number of benzene rings is 1. The van der Waals surface area contributed by atoms with Crippen LogP contribution in [0.2, 0.25) is 0 Å². The summed E-state index contributed by atoms with van der Waals surface area (Å²) in [6.45, 7) is 5.69. The molecule has 1 aromatic carbocycles. The third kappa shape index (κ3) is 6.03. The maximum absolute atomic E-state index is 11.8. The lowest BCUT2D eigenvalue weighted by molar-refractivity contribution is -0.122. The number of amides is 1. The highest BCUT2D eigenvalue weighted by Crippen LogP contribution is 2.07. The van der Waals surface area contributed by atoms with Gasteiger partial charge in [-0.1, -0.05) is 30.3 Å². The highest BCUT2D eigenvalue weighted by molar-refractivity contribution is 5.78. The minimum absolute atomic E-state index is 0.0279. The Morgan fingerprint density at radius 2 is 2.05 bits per heavy atom. The molecule has 0 bridgehead atoms. The second-order valence-electron chi connectivity index (χ2n) is 4.74. The van der Waals surface area contributed by atoms with E-state index in [-0.39, 0.29) is 5.91 Å². The van der Waals surface area contributed by atoms with Crippen molar-refractivity contribution >= 4 is 5.91 Å². The van der Waals surface area contributed by atoms with Gasteiger partial charge in [0.1, 0.15) is 0 Å². The summed E-state index contributed by atoms with van der Waals surface area (Å²) in [5, 5.41) is 11.2. The molecule has 0 fully saturated rings. The lowest BCUT2D eigenvalue weighted by Gasteiger charge is -2.25. The fourth-order valence-corrected chi connectivity index (χ4v) is 1.74. The molecule has 0 heterocycles. The summed E-state index contributed by atoms with van der Waals surface area (Å²) in [5.41, 5.74) is 1.20. The van der Waals surface area contributed by atoms with Crippen LogP contribution in [0, 0.1) is 11.3 Å². The van der Waals surface area contributed by atoms with Gasteiger partial charge in [0.25, 0.3) is 0 Å². The quantitative estimate of drug-likeness (QED) is 0.761. The molecule has 19 heavy (non-hydrogen) atoms. The third-order valence-electron chi connectivity index (χ3n) is 2.86. The predicted octanol–water partition coefficient (Wildman–Crippen LogP) is 1.93. The number of carbonyl (C=O) groups is 1. The first-order chi connectivity index (χ1) is 9.13. The number of hydrogen-bond donors (Lipinski definition) is 1. The van der Waals surface area contributed by atoms with Crippen LogP contribution in [0.1, 0.15) is 25.8 Å². The van der Waals surface area contributed by atoms with Crippen LogP contribution in [0.15, 0.2) is 30.3 Å². The summed E-state index contributed by atoms with van der Waals surface area (Å²) in [6.07, 6.45) is 0.353. The molecule has 4 nitrogen and oxygen atoms in total. The Bertz CT molecular complexity index is 423. The van der Waals surface area contributed by atoms with Crippen LogP contribution in [0.4, 0.5) is 0 Å². The summed E-state index contributed by atoms with van der Waals surface area (Å²) in [5.74, 6) is -0.0279. The van der Waals surface area contributed by atoms with Crippen molar-refractivity contribution in [3.05, 3.63) is 35.9 Å². The molecule has 0 radical (unpaired) electrons. The van der Waals surface area contributed by atoms with E-state index < -0.39 is 0 Å². The van der Waals surface area contributed by atoms with Gasteiger partial charge in [-0.3, -0.25) is 9.69 Å². The predicted molar refractivity (Wildman–Crippen MR) is 75.2 cm³/mol. The van der Waals surface area contributed by atoms with Crippen molar-refractivity contribution in [3.63, 3.8) is 0 Å². The standard InChI is InChI=1S/C15H21N3O/c1-13(2)18(11-14-7-4-3-5-8-14)12-15(19)17-10-6-9-16/h3-5,7-8,13H,6,10-12H2,1-2H3,(H,17,19). The minimum atomic E-state index is -0.0279. The number of rotatable bonds is 7. The van der Waals surface area contributed by atoms with Crippen molar-refractivity contribution in [1.82, 2.24) is 10.2 Å². The number of nitriles is 1. The molecule has 0 atom stereocenters. The Morgan fingerprint density at radius 3 is 2.63 bits per heavy atom. The van der Waals surface area contributed by atoms with E-state index in [9.17, 15) is 4.79 Å². The van der Waals surface area contributed by atoms with E-state index in [2.05, 4.69) is 36.2 Å². The van der Waals surface area contributed by atoms with Crippen LogP contribution >= 0.6 is 0 Å². The maximum atomic E-state index is 11.8. The lowest BCUT2D eigenvalue weighted by Crippen LogP contribution is -2.40. The highest BCUT2D eigenvalue weighted by atomic mass is 16.2. The SMILES string of the molecule is CC(C)N(CC(=O)NCCC#N)Cc1ccccc1. The zero-order valence-electron chi connectivity index (χ0n) is 11.6. The van der Waals surface area contributed by atoms with Crippen molar-refractivity contribution in [3.8, 4) is 6.07 Å². The van der Waals surface area contributed by atoms with Crippen LogP contribution < -0.4 is 5.32 Å². The van der Waals surface area contributed by atoms with Gasteiger partial charge in [-0.05, 0) is 19.4 Å². The molecular weight excluding hydrogens is 238 g/mol. The van der Waals surface area contributed by atoms with E-state index in [1.807, 2.05) is 24.3 Å². The molecule has 0 spiro atoms. The van der Waals surface area contributed by atoms with E-state index in [0.29, 0.717) is 25.6 Å². The maximum Gasteiger partial charge on any atom is 0.234 e. The van der Waals surface area contributed by atoms with Crippen molar-refractivity contribution < 1.29 is 4.79 Å². The van der Waals surface area contributed by atoms with Gasteiger partial charge in [-0.2, -0.15) is 5.26 Å². The van der Waals surface area contributed by atoms with Crippen LogP contribution in [0.5, 0.6) is 0 Å². The average Bonchev–Trinajstić information content (AvgIpc) is 2.39. The zero-order chi connectivity index (χ0) is 14.1. The van der Waals surface area contributed by atoms with Crippen molar-refractivity contribution in [2.45, 2.75) is 32.9 Å². The molecule has 0 aliphatic rings. The van der Waals surface area contributed by atoms with Crippen LogP contribution in [0.3, 0.4) is 0 Å². The first-order valence-electron chi connectivity index (χ1n) is 6.55. The van der Waals surface area contributed by atoms with Crippen LogP contribution in [-0.2, 0) is 11.3 Å². The van der Waals surface area contributed by atoms with Crippen LogP contribution in [-0.4, -0.2) is 29.9 Å². The summed E-state index contributed by atoms with van der Waals surface area (Å²) in [6, 6.07) is 12.4. The second-order valence-corrected chi connectivity index (χ2v) is 4.74. The minimum Gasteiger partial charge on any atom is -0.354 e. The normalized spacial score (nSPS) is 10.5. The first-order valence-corrected chi connectivity index (χ1v) is 6.55. The van der Waals surface area contributed by atoms with Gasteiger partial charge in [0, 0.05) is 19.1 Å². The van der Waals surface area contributed by atoms with Crippen molar-refractivity contribution in [2.24, 2.45) is 0 Å². The highest BCUT2D eigenvalue weighted by Gasteiger charge is 2.14. The fraction of sp³-hybridized carbons (Fsp3) is 0.467. The fourth-order valence-electron chi connectivity index (χ4n) is 1.74. The van der Waals surface area contributed by atoms with E-state index in [0.717, 1.165) is 6.54 Å². The zero-order valence-corrected chi connectivity index (χ0v) is 11.6.